The molecule has 1 aromatic rings. The first-order valence-electron chi connectivity index (χ1n) is 8.16. The third-order valence-electron chi connectivity index (χ3n) is 3.95. The summed E-state index contributed by atoms with van der Waals surface area (Å²) in [6.45, 7) is 6.10. The Morgan fingerprint density at radius 1 is 1.24 bits per heavy atom. The average molecular weight is 291 g/mol. The fraction of sp³-hybridized carbons (Fsp3) is 0.667. The van der Waals surface area contributed by atoms with Crippen LogP contribution in [0.4, 0.5) is 0 Å². The molecule has 2 rings (SSSR count). The second-order valence-corrected chi connectivity index (χ2v) is 6.27. The summed E-state index contributed by atoms with van der Waals surface area (Å²) in [7, 11) is 1.75. The highest BCUT2D eigenvalue weighted by Gasteiger charge is 2.22. The van der Waals surface area contributed by atoms with Gasteiger partial charge < -0.3 is 14.8 Å². The molecule has 1 aliphatic rings. The number of hydrogen-bond donors (Lipinski definition) is 1. The molecule has 0 saturated heterocycles. The zero-order valence-corrected chi connectivity index (χ0v) is 13.6. The van der Waals surface area contributed by atoms with Crippen molar-refractivity contribution < 1.29 is 9.47 Å². The lowest BCUT2D eigenvalue weighted by Gasteiger charge is -2.20. The summed E-state index contributed by atoms with van der Waals surface area (Å²) in [5.74, 6) is 1.60. The molecule has 0 aromatic heterocycles. The third-order valence-corrected chi connectivity index (χ3v) is 3.95. The minimum absolute atomic E-state index is 0.313. The summed E-state index contributed by atoms with van der Waals surface area (Å²) >= 11 is 0. The predicted octanol–water partition coefficient (Wildman–Crippen LogP) is 3.42. The highest BCUT2D eigenvalue weighted by molar-refractivity contribution is 5.33. The molecule has 1 N–H and O–H groups in total. The van der Waals surface area contributed by atoms with Crippen LogP contribution in [-0.4, -0.2) is 32.4 Å². The van der Waals surface area contributed by atoms with Gasteiger partial charge in [0.1, 0.15) is 5.75 Å². The largest absolute Gasteiger partial charge is 0.496 e. The molecule has 0 radical (unpaired) electrons. The summed E-state index contributed by atoms with van der Waals surface area (Å²) in [4.78, 5) is 0. The zero-order chi connectivity index (χ0) is 15.1. The SMILES string of the molecule is COc1ccccc1CC(CCOC(C)C)CNC1CC1. The Balaban J connectivity index is 1.89. The quantitative estimate of drug-likeness (QED) is 0.716. The molecule has 1 saturated carbocycles. The predicted molar refractivity (Wildman–Crippen MR) is 86.9 cm³/mol. The van der Waals surface area contributed by atoms with E-state index < -0.39 is 0 Å². The van der Waals surface area contributed by atoms with Gasteiger partial charge >= 0.3 is 0 Å². The van der Waals surface area contributed by atoms with E-state index in [1.54, 1.807) is 7.11 Å². The zero-order valence-electron chi connectivity index (χ0n) is 13.6. The molecule has 0 spiro atoms. The van der Waals surface area contributed by atoms with E-state index in [1.165, 1.54) is 18.4 Å². The van der Waals surface area contributed by atoms with Crippen LogP contribution >= 0.6 is 0 Å². The minimum Gasteiger partial charge on any atom is -0.496 e. The molecule has 1 atom stereocenters. The van der Waals surface area contributed by atoms with Crippen LogP contribution in [0.2, 0.25) is 0 Å². The molecule has 0 amide bonds. The van der Waals surface area contributed by atoms with Gasteiger partial charge in [0, 0.05) is 12.6 Å². The lowest BCUT2D eigenvalue weighted by Crippen LogP contribution is -2.27. The Labute approximate surface area is 129 Å². The summed E-state index contributed by atoms with van der Waals surface area (Å²) in [5.41, 5.74) is 1.30. The fourth-order valence-corrected chi connectivity index (χ4v) is 2.55. The van der Waals surface area contributed by atoms with Crippen LogP contribution in [0.3, 0.4) is 0 Å². The average Bonchev–Trinajstić information content (AvgIpc) is 3.29. The van der Waals surface area contributed by atoms with E-state index in [2.05, 4.69) is 31.3 Å². The van der Waals surface area contributed by atoms with Gasteiger partial charge in [0.25, 0.3) is 0 Å². The van der Waals surface area contributed by atoms with Crippen molar-refractivity contribution in [1.82, 2.24) is 5.32 Å². The first-order chi connectivity index (χ1) is 10.2. The summed E-state index contributed by atoms with van der Waals surface area (Å²) < 4.78 is 11.2. The molecule has 1 fully saturated rings. The maximum atomic E-state index is 5.73. The molecule has 0 aliphatic heterocycles. The Morgan fingerprint density at radius 2 is 2.00 bits per heavy atom. The van der Waals surface area contributed by atoms with Crippen LogP contribution in [-0.2, 0) is 11.2 Å². The van der Waals surface area contributed by atoms with Gasteiger partial charge in [-0.1, -0.05) is 18.2 Å². The van der Waals surface area contributed by atoms with Gasteiger partial charge in [-0.3, -0.25) is 0 Å². The lowest BCUT2D eigenvalue weighted by molar-refractivity contribution is 0.0682. The second-order valence-electron chi connectivity index (χ2n) is 6.27. The highest BCUT2D eigenvalue weighted by atomic mass is 16.5. The lowest BCUT2D eigenvalue weighted by atomic mass is 9.95. The van der Waals surface area contributed by atoms with Crippen LogP contribution in [0.15, 0.2) is 24.3 Å². The van der Waals surface area contributed by atoms with E-state index in [4.69, 9.17) is 9.47 Å². The van der Waals surface area contributed by atoms with Crippen LogP contribution < -0.4 is 10.1 Å². The number of nitrogens with one attached hydrogen (secondary N) is 1. The van der Waals surface area contributed by atoms with Crippen molar-refractivity contribution in [3.05, 3.63) is 29.8 Å². The topological polar surface area (TPSA) is 30.5 Å². The van der Waals surface area contributed by atoms with Crippen molar-refractivity contribution in [1.29, 1.82) is 0 Å². The van der Waals surface area contributed by atoms with Gasteiger partial charge in [-0.2, -0.15) is 0 Å². The highest BCUT2D eigenvalue weighted by Crippen LogP contribution is 2.24. The molecule has 118 valence electrons. The number of benzene rings is 1. The monoisotopic (exact) mass is 291 g/mol. The van der Waals surface area contributed by atoms with E-state index in [-0.39, 0.29) is 0 Å². The van der Waals surface area contributed by atoms with E-state index >= 15 is 0 Å². The van der Waals surface area contributed by atoms with Crippen molar-refractivity contribution >= 4 is 0 Å². The number of methoxy groups -OCH3 is 1. The van der Waals surface area contributed by atoms with E-state index in [1.807, 2.05) is 12.1 Å². The van der Waals surface area contributed by atoms with Crippen molar-refractivity contribution in [2.75, 3.05) is 20.3 Å². The van der Waals surface area contributed by atoms with Gasteiger partial charge in [-0.25, -0.2) is 0 Å². The normalized spacial score (nSPS) is 16.2. The van der Waals surface area contributed by atoms with Crippen molar-refractivity contribution in [2.45, 2.75) is 51.7 Å². The number of para-hydroxylation sites is 1. The number of hydrogen-bond acceptors (Lipinski definition) is 3. The van der Waals surface area contributed by atoms with Crippen molar-refractivity contribution in [3.8, 4) is 5.75 Å². The summed E-state index contributed by atoms with van der Waals surface area (Å²) in [6.07, 6.45) is 5.13. The molecule has 21 heavy (non-hydrogen) atoms. The first kappa shape index (κ1) is 16.3. The molecule has 1 aromatic carbocycles. The summed E-state index contributed by atoms with van der Waals surface area (Å²) in [5, 5.41) is 3.66. The van der Waals surface area contributed by atoms with Gasteiger partial charge in [0.15, 0.2) is 0 Å². The Bertz CT molecular complexity index is 415. The van der Waals surface area contributed by atoms with Gasteiger partial charge in [-0.15, -0.1) is 0 Å². The van der Waals surface area contributed by atoms with Gasteiger partial charge in [0.2, 0.25) is 0 Å². The first-order valence-corrected chi connectivity index (χ1v) is 8.16. The second kappa shape index (κ2) is 8.40. The van der Waals surface area contributed by atoms with Crippen molar-refractivity contribution in [2.24, 2.45) is 5.92 Å². The van der Waals surface area contributed by atoms with Crippen LogP contribution in [0, 0.1) is 5.92 Å². The molecular weight excluding hydrogens is 262 g/mol. The molecule has 1 unspecified atom stereocenters. The van der Waals surface area contributed by atoms with Gasteiger partial charge in [0.05, 0.1) is 13.2 Å². The maximum absolute atomic E-state index is 5.73. The molecule has 3 nitrogen and oxygen atoms in total. The van der Waals surface area contributed by atoms with E-state index in [0.29, 0.717) is 12.0 Å². The smallest absolute Gasteiger partial charge is 0.122 e. The van der Waals surface area contributed by atoms with E-state index in [9.17, 15) is 0 Å². The Hall–Kier alpha value is -1.06. The van der Waals surface area contributed by atoms with Crippen LogP contribution in [0.25, 0.3) is 0 Å². The van der Waals surface area contributed by atoms with E-state index in [0.717, 1.165) is 37.8 Å². The Morgan fingerprint density at radius 3 is 2.67 bits per heavy atom. The third kappa shape index (κ3) is 6.06. The van der Waals surface area contributed by atoms with Gasteiger partial charge in [-0.05, 0) is 63.6 Å². The van der Waals surface area contributed by atoms with Crippen molar-refractivity contribution in [3.63, 3.8) is 0 Å². The Kier molecular flexibility index (Phi) is 6.52. The molecule has 0 bridgehead atoms. The molecule has 0 heterocycles. The molecule has 3 heteroatoms. The standard InChI is InChI=1S/C18H29NO2/c1-14(2)21-11-10-15(13-19-17-8-9-17)12-16-6-4-5-7-18(16)20-3/h4-7,14-15,17,19H,8-13H2,1-3H3. The van der Waals surface area contributed by atoms with Crippen LogP contribution in [0.1, 0.15) is 38.7 Å². The number of rotatable bonds is 10. The summed E-state index contributed by atoms with van der Waals surface area (Å²) in [6, 6.07) is 9.10. The minimum atomic E-state index is 0.313. The fourth-order valence-electron chi connectivity index (χ4n) is 2.55. The molecular formula is C18H29NO2. The number of ether oxygens (including phenoxy) is 2. The molecule has 1 aliphatic carbocycles. The van der Waals surface area contributed by atoms with Crippen LogP contribution in [0.5, 0.6) is 5.75 Å². The maximum Gasteiger partial charge on any atom is 0.122 e.